The predicted molar refractivity (Wildman–Crippen MR) is 83.8 cm³/mol. The topological polar surface area (TPSA) is 54.0 Å². The van der Waals surface area contributed by atoms with Crippen LogP contribution in [0.2, 0.25) is 0 Å². The van der Waals surface area contributed by atoms with Gasteiger partial charge in [0.25, 0.3) is 0 Å². The van der Waals surface area contributed by atoms with Crippen LogP contribution in [0.3, 0.4) is 0 Å². The number of hydrogen-bond donors (Lipinski definition) is 0. The lowest BCUT2D eigenvalue weighted by molar-refractivity contribution is 0.370. The van der Waals surface area contributed by atoms with Crippen LogP contribution >= 0.6 is 0 Å². The van der Waals surface area contributed by atoms with Crippen molar-refractivity contribution in [1.82, 2.24) is 0 Å². The summed E-state index contributed by atoms with van der Waals surface area (Å²) in [6, 6.07) is 10.5. The van der Waals surface area contributed by atoms with Gasteiger partial charge in [0.05, 0.1) is 28.4 Å². The van der Waals surface area contributed by atoms with E-state index in [-0.39, 0.29) is 0 Å². The average Bonchev–Trinajstić information content (AvgIpc) is 2.59. The Morgan fingerprint density at radius 3 is 1.14 bits per heavy atom. The lowest BCUT2D eigenvalue weighted by Gasteiger charge is -2.16. The first-order chi connectivity index (χ1) is 10.7. The molecule has 5 nitrogen and oxygen atoms in total. The van der Waals surface area contributed by atoms with Crippen LogP contribution in [0, 0.1) is 0 Å². The van der Waals surface area contributed by atoms with Crippen molar-refractivity contribution in [3.8, 4) is 23.0 Å². The van der Waals surface area contributed by atoms with Gasteiger partial charge in [0.15, 0.2) is 0 Å². The third-order valence-corrected chi connectivity index (χ3v) is 4.68. The van der Waals surface area contributed by atoms with Gasteiger partial charge in [-0.15, -0.1) is 0 Å². The molecule has 2 aromatic rings. The SMILES string of the molecule is COc1cccc(OC)c1S(=O)c1c(OC)cccc1OC. The molecule has 0 aromatic heterocycles. The zero-order valence-electron chi connectivity index (χ0n) is 12.9. The number of methoxy groups -OCH3 is 4. The number of hydrogen-bond acceptors (Lipinski definition) is 5. The van der Waals surface area contributed by atoms with E-state index in [0.29, 0.717) is 32.8 Å². The summed E-state index contributed by atoms with van der Waals surface area (Å²) >= 11 is 0. The van der Waals surface area contributed by atoms with Gasteiger partial charge < -0.3 is 18.9 Å². The fourth-order valence-corrected chi connectivity index (χ4v) is 3.64. The monoisotopic (exact) mass is 322 g/mol. The van der Waals surface area contributed by atoms with Gasteiger partial charge in [-0.05, 0) is 24.3 Å². The molecule has 22 heavy (non-hydrogen) atoms. The molecule has 0 amide bonds. The second-order valence-electron chi connectivity index (χ2n) is 4.25. The molecule has 6 heteroatoms. The van der Waals surface area contributed by atoms with Crippen LogP contribution in [0.25, 0.3) is 0 Å². The molecule has 0 unspecified atom stereocenters. The molecule has 0 bridgehead atoms. The van der Waals surface area contributed by atoms with Crippen LogP contribution < -0.4 is 18.9 Å². The van der Waals surface area contributed by atoms with Gasteiger partial charge in [-0.2, -0.15) is 0 Å². The van der Waals surface area contributed by atoms with Gasteiger partial charge >= 0.3 is 0 Å². The lowest BCUT2D eigenvalue weighted by atomic mass is 10.3. The quantitative estimate of drug-likeness (QED) is 0.818. The summed E-state index contributed by atoms with van der Waals surface area (Å²) in [6.45, 7) is 0. The Kier molecular flexibility index (Phi) is 5.27. The van der Waals surface area contributed by atoms with Crippen LogP contribution in [0.15, 0.2) is 46.2 Å². The highest BCUT2D eigenvalue weighted by Crippen LogP contribution is 2.40. The minimum Gasteiger partial charge on any atom is -0.495 e. The summed E-state index contributed by atoms with van der Waals surface area (Å²) in [4.78, 5) is 0.880. The largest absolute Gasteiger partial charge is 0.495 e. The molecule has 0 aliphatic carbocycles. The van der Waals surface area contributed by atoms with Crippen LogP contribution in [-0.2, 0) is 10.8 Å². The minimum atomic E-state index is -1.59. The summed E-state index contributed by atoms with van der Waals surface area (Å²) in [5.74, 6) is 1.91. The van der Waals surface area contributed by atoms with Crippen molar-refractivity contribution in [2.24, 2.45) is 0 Å². The Labute approximate surface area is 132 Å². The molecule has 0 radical (unpaired) electrons. The van der Waals surface area contributed by atoms with Gasteiger partial charge in [-0.25, -0.2) is 4.21 Å². The Morgan fingerprint density at radius 1 is 0.636 bits per heavy atom. The third kappa shape index (κ3) is 2.87. The standard InChI is InChI=1S/C16H18O5S/c1-18-11-7-5-8-12(19-2)15(11)22(17)16-13(20-3)9-6-10-14(16)21-4/h5-10H,1-4H3. The van der Waals surface area contributed by atoms with Crippen molar-refractivity contribution in [2.75, 3.05) is 28.4 Å². The van der Waals surface area contributed by atoms with E-state index >= 15 is 0 Å². The Bertz CT molecular complexity index is 582. The van der Waals surface area contributed by atoms with E-state index in [1.54, 1.807) is 36.4 Å². The zero-order chi connectivity index (χ0) is 16.1. The third-order valence-electron chi connectivity index (χ3n) is 3.14. The van der Waals surface area contributed by atoms with Crippen LogP contribution in [0.4, 0.5) is 0 Å². The van der Waals surface area contributed by atoms with Gasteiger partial charge in [-0.1, -0.05) is 12.1 Å². The molecule has 0 heterocycles. The van der Waals surface area contributed by atoms with Crippen molar-refractivity contribution in [1.29, 1.82) is 0 Å². The normalized spacial score (nSPS) is 10.4. The zero-order valence-corrected chi connectivity index (χ0v) is 13.7. The highest BCUT2D eigenvalue weighted by Gasteiger charge is 2.24. The molecule has 0 fully saturated rings. The molecule has 0 saturated carbocycles. The van der Waals surface area contributed by atoms with Gasteiger partial charge in [0.2, 0.25) is 0 Å². The minimum absolute atomic E-state index is 0.440. The first-order valence-corrected chi connectivity index (χ1v) is 7.66. The number of ether oxygens (including phenoxy) is 4. The fraction of sp³-hybridized carbons (Fsp3) is 0.250. The van der Waals surface area contributed by atoms with Gasteiger partial charge in [0, 0.05) is 0 Å². The first-order valence-electron chi connectivity index (χ1n) is 6.51. The molecule has 0 aliphatic rings. The van der Waals surface area contributed by atoms with Crippen LogP contribution in [0.5, 0.6) is 23.0 Å². The van der Waals surface area contributed by atoms with Crippen LogP contribution in [0.1, 0.15) is 0 Å². The molecule has 0 saturated heterocycles. The summed E-state index contributed by atoms with van der Waals surface area (Å²) in [5, 5.41) is 0. The summed E-state index contributed by atoms with van der Waals surface area (Å²) < 4.78 is 34.4. The molecular weight excluding hydrogens is 304 g/mol. The Morgan fingerprint density at radius 2 is 0.909 bits per heavy atom. The average molecular weight is 322 g/mol. The molecule has 0 N–H and O–H groups in total. The molecule has 0 aliphatic heterocycles. The molecule has 2 rings (SSSR count). The van der Waals surface area contributed by atoms with Crippen molar-refractivity contribution >= 4 is 10.8 Å². The second kappa shape index (κ2) is 7.17. The smallest absolute Gasteiger partial charge is 0.139 e. The highest BCUT2D eigenvalue weighted by atomic mass is 32.2. The van der Waals surface area contributed by atoms with E-state index in [0.717, 1.165) is 0 Å². The maximum atomic E-state index is 13.2. The van der Waals surface area contributed by atoms with Gasteiger partial charge in [-0.3, -0.25) is 0 Å². The number of rotatable bonds is 6. The Balaban J connectivity index is 2.68. The summed E-state index contributed by atoms with van der Waals surface area (Å²) in [6.07, 6.45) is 0. The molecule has 0 atom stereocenters. The van der Waals surface area contributed by atoms with E-state index in [9.17, 15) is 4.21 Å². The number of benzene rings is 2. The van der Waals surface area contributed by atoms with E-state index < -0.39 is 10.8 Å². The highest BCUT2D eigenvalue weighted by molar-refractivity contribution is 7.85. The second-order valence-corrected chi connectivity index (χ2v) is 5.61. The fourth-order valence-electron chi connectivity index (χ4n) is 2.10. The summed E-state index contributed by atoms with van der Waals surface area (Å²) in [5.41, 5.74) is 0. The predicted octanol–water partition coefficient (Wildman–Crippen LogP) is 2.89. The summed E-state index contributed by atoms with van der Waals surface area (Å²) in [7, 11) is 4.50. The molecular formula is C16H18O5S. The maximum Gasteiger partial charge on any atom is 0.139 e. The molecule has 118 valence electrons. The van der Waals surface area contributed by atoms with Crippen molar-refractivity contribution in [3.05, 3.63) is 36.4 Å². The lowest BCUT2D eigenvalue weighted by Crippen LogP contribution is -2.04. The molecule has 0 spiro atoms. The van der Waals surface area contributed by atoms with Crippen molar-refractivity contribution in [2.45, 2.75) is 9.79 Å². The van der Waals surface area contributed by atoms with E-state index in [1.165, 1.54) is 28.4 Å². The van der Waals surface area contributed by atoms with E-state index in [1.807, 2.05) is 0 Å². The van der Waals surface area contributed by atoms with Gasteiger partial charge in [0.1, 0.15) is 43.6 Å². The maximum absolute atomic E-state index is 13.2. The molecule has 2 aromatic carbocycles. The van der Waals surface area contributed by atoms with E-state index in [2.05, 4.69) is 0 Å². The van der Waals surface area contributed by atoms with E-state index in [4.69, 9.17) is 18.9 Å². The first kappa shape index (κ1) is 16.2. The van der Waals surface area contributed by atoms with Crippen molar-refractivity contribution < 1.29 is 23.2 Å². The Hall–Kier alpha value is -2.21. The van der Waals surface area contributed by atoms with Crippen LogP contribution in [-0.4, -0.2) is 32.6 Å². The van der Waals surface area contributed by atoms with Crippen molar-refractivity contribution in [3.63, 3.8) is 0 Å².